The van der Waals surface area contributed by atoms with Crippen molar-refractivity contribution in [3.05, 3.63) is 0 Å². The van der Waals surface area contributed by atoms with Gasteiger partial charge in [-0.15, -0.1) is 0 Å². The number of nitrogens with zero attached hydrogens (tertiary/aromatic N) is 1. The second-order valence-electron chi connectivity index (χ2n) is 4.42. The zero-order valence-corrected chi connectivity index (χ0v) is 9.67. The molecule has 0 aliphatic carbocycles. The van der Waals surface area contributed by atoms with Crippen LogP contribution in [-0.2, 0) is 0 Å². The van der Waals surface area contributed by atoms with E-state index in [0.29, 0.717) is 12.5 Å². The molecule has 15 heavy (non-hydrogen) atoms. The number of nitrogens with two attached hydrogens (primary N) is 1. The summed E-state index contributed by atoms with van der Waals surface area (Å²) in [7, 11) is 0. The van der Waals surface area contributed by atoms with E-state index in [9.17, 15) is 4.79 Å². The highest BCUT2D eigenvalue weighted by Crippen LogP contribution is 2.15. The summed E-state index contributed by atoms with van der Waals surface area (Å²) in [4.78, 5) is 13.6. The van der Waals surface area contributed by atoms with Crippen molar-refractivity contribution in [2.45, 2.75) is 32.6 Å². The molecule has 1 heterocycles. The van der Waals surface area contributed by atoms with Crippen LogP contribution >= 0.6 is 0 Å². The number of likely N-dealkylation sites (tertiary alicyclic amines) is 1. The van der Waals surface area contributed by atoms with Crippen molar-refractivity contribution in [2.24, 2.45) is 11.7 Å². The first kappa shape index (κ1) is 12.3. The molecule has 1 saturated heterocycles. The summed E-state index contributed by atoms with van der Waals surface area (Å²) in [5.41, 5.74) is 5.38. The Morgan fingerprint density at radius 3 is 3.00 bits per heavy atom. The average molecular weight is 213 g/mol. The number of nitrogens with one attached hydrogen (secondary N) is 1. The Kier molecular flexibility index (Phi) is 5.47. The number of rotatable bonds is 4. The summed E-state index contributed by atoms with van der Waals surface area (Å²) in [6.07, 6.45) is 4.34. The van der Waals surface area contributed by atoms with Gasteiger partial charge in [-0.2, -0.15) is 0 Å². The molecule has 1 fully saturated rings. The van der Waals surface area contributed by atoms with Crippen LogP contribution in [0.15, 0.2) is 0 Å². The van der Waals surface area contributed by atoms with E-state index in [2.05, 4.69) is 12.2 Å². The van der Waals surface area contributed by atoms with Crippen LogP contribution in [0.5, 0.6) is 0 Å². The van der Waals surface area contributed by atoms with Gasteiger partial charge in [0.1, 0.15) is 0 Å². The van der Waals surface area contributed by atoms with E-state index >= 15 is 0 Å². The molecule has 1 aliphatic rings. The van der Waals surface area contributed by atoms with Crippen LogP contribution in [0.2, 0.25) is 0 Å². The molecule has 0 aromatic heterocycles. The summed E-state index contributed by atoms with van der Waals surface area (Å²) in [6.45, 7) is 5.47. The first-order chi connectivity index (χ1) is 7.24. The van der Waals surface area contributed by atoms with Gasteiger partial charge in [-0.25, -0.2) is 4.79 Å². The van der Waals surface area contributed by atoms with Crippen LogP contribution in [0.25, 0.3) is 0 Å². The molecule has 1 unspecified atom stereocenters. The molecule has 0 saturated carbocycles. The molecule has 88 valence electrons. The van der Waals surface area contributed by atoms with E-state index in [1.54, 1.807) is 0 Å². The Morgan fingerprint density at radius 2 is 2.33 bits per heavy atom. The van der Waals surface area contributed by atoms with Crippen molar-refractivity contribution < 1.29 is 4.79 Å². The van der Waals surface area contributed by atoms with Crippen molar-refractivity contribution in [2.75, 3.05) is 26.2 Å². The summed E-state index contributed by atoms with van der Waals surface area (Å²) in [5, 5.41) is 2.94. The minimum absolute atomic E-state index is 0.0959. The largest absolute Gasteiger partial charge is 0.338 e. The molecule has 4 heteroatoms. The maximum Gasteiger partial charge on any atom is 0.317 e. The van der Waals surface area contributed by atoms with Gasteiger partial charge in [0.2, 0.25) is 0 Å². The third-order valence-electron chi connectivity index (χ3n) is 2.85. The first-order valence-corrected chi connectivity index (χ1v) is 5.97. The summed E-state index contributed by atoms with van der Waals surface area (Å²) >= 11 is 0. The van der Waals surface area contributed by atoms with Gasteiger partial charge in [-0.1, -0.05) is 6.92 Å². The van der Waals surface area contributed by atoms with Crippen LogP contribution in [0, 0.1) is 5.92 Å². The van der Waals surface area contributed by atoms with Gasteiger partial charge in [0.25, 0.3) is 0 Å². The molecule has 0 aromatic rings. The van der Waals surface area contributed by atoms with Gasteiger partial charge in [0.05, 0.1) is 0 Å². The summed E-state index contributed by atoms with van der Waals surface area (Å²) in [5.74, 6) is 0.647. The normalized spacial score (nSPS) is 21.5. The first-order valence-electron chi connectivity index (χ1n) is 5.97. The molecule has 0 aromatic carbocycles. The van der Waals surface area contributed by atoms with Gasteiger partial charge in [-0.3, -0.25) is 0 Å². The lowest BCUT2D eigenvalue weighted by Crippen LogP contribution is -2.45. The third kappa shape index (κ3) is 4.51. The van der Waals surface area contributed by atoms with Crippen LogP contribution in [0.4, 0.5) is 4.79 Å². The predicted molar refractivity (Wildman–Crippen MR) is 61.7 cm³/mol. The Labute approximate surface area is 92.2 Å². The zero-order chi connectivity index (χ0) is 11.1. The van der Waals surface area contributed by atoms with Crippen LogP contribution in [0.1, 0.15) is 32.6 Å². The third-order valence-corrected chi connectivity index (χ3v) is 2.85. The topological polar surface area (TPSA) is 58.4 Å². The number of amides is 2. The zero-order valence-electron chi connectivity index (χ0n) is 9.67. The highest BCUT2D eigenvalue weighted by Gasteiger charge is 2.19. The van der Waals surface area contributed by atoms with Crippen LogP contribution in [0.3, 0.4) is 0 Å². The monoisotopic (exact) mass is 213 g/mol. The maximum absolute atomic E-state index is 11.7. The molecule has 0 bridgehead atoms. The molecule has 4 nitrogen and oxygen atoms in total. The molecular weight excluding hydrogens is 190 g/mol. The second-order valence-corrected chi connectivity index (χ2v) is 4.42. The van der Waals surface area contributed by atoms with Gasteiger partial charge in [-0.05, 0) is 38.1 Å². The average Bonchev–Trinajstić information content (AvgIpc) is 2.24. The lowest BCUT2D eigenvalue weighted by Gasteiger charge is -2.30. The standard InChI is InChI=1S/C11H23N3O/c1-10-5-4-8-14(9-10)11(15)13-7-3-2-6-12/h10H,2-9,12H2,1H3,(H,13,15). The highest BCUT2D eigenvalue weighted by molar-refractivity contribution is 5.74. The number of unbranched alkanes of at least 4 members (excludes halogenated alkanes) is 1. The Bertz CT molecular complexity index is 196. The van der Waals surface area contributed by atoms with E-state index in [1.807, 2.05) is 4.90 Å². The van der Waals surface area contributed by atoms with E-state index in [-0.39, 0.29) is 6.03 Å². The fourth-order valence-corrected chi connectivity index (χ4v) is 1.95. The molecule has 1 rings (SSSR count). The fraction of sp³-hybridized carbons (Fsp3) is 0.909. The lowest BCUT2D eigenvalue weighted by molar-refractivity contribution is 0.169. The Hall–Kier alpha value is -0.770. The van der Waals surface area contributed by atoms with Crippen molar-refractivity contribution in [1.29, 1.82) is 0 Å². The Morgan fingerprint density at radius 1 is 1.53 bits per heavy atom. The molecular formula is C11H23N3O. The number of carbonyl (C=O) groups is 1. The predicted octanol–water partition coefficient (Wildman–Crippen LogP) is 1.17. The molecule has 3 N–H and O–H groups in total. The Balaban J connectivity index is 2.15. The minimum atomic E-state index is 0.0959. The van der Waals surface area contributed by atoms with Gasteiger partial charge < -0.3 is 16.0 Å². The van der Waals surface area contributed by atoms with E-state index in [0.717, 1.165) is 38.9 Å². The fourth-order valence-electron chi connectivity index (χ4n) is 1.95. The smallest absolute Gasteiger partial charge is 0.317 e. The van der Waals surface area contributed by atoms with E-state index in [1.165, 1.54) is 6.42 Å². The SMILES string of the molecule is CC1CCCN(C(=O)NCCCCN)C1. The number of carbonyl (C=O) groups excluding carboxylic acids is 1. The summed E-state index contributed by atoms with van der Waals surface area (Å²) in [6, 6.07) is 0.0959. The van der Waals surface area contributed by atoms with Crippen molar-refractivity contribution in [3.63, 3.8) is 0 Å². The number of urea groups is 1. The van der Waals surface area contributed by atoms with Gasteiger partial charge in [0, 0.05) is 19.6 Å². The van der Waals surface area contributed by atoms with Gasteiger partial charge in [0.15, 0.2) is 0 Å². The van der Waals surface area contributed by atoms with Crippen molar-refractivity contribution in [1.82, 2.24) is 10.2 Å². The quantitative estimate of drug-likeness (QED) is 0.689. The van der Waals surface area contributed by atoms with E-state index < -0.39 is 0 Å². The molecule has 2 amide bonds. The van der Waals surface area contributed by atoms with Crippen LogP contribution in [-0.4, -0.2) is 37.1 Å². The maximum atomic E-state index is 11.7. The van der Waals surface area contributed by atoms with Crippen molar-refractivity contribution >= 4 is 6.03 Å². The summed E-state index contributed by atoms with van der Waals surface area (Å²) < 4.78 is 0. The second kappa shape index (κ2) is 6.67. The van der Waals surface area contributed by atoms with Crippen molar-refractivity contribution in [3.8, 4) is 0 Å². The molecule has 1 atom stereocenters. The van der Waals surface area contributed by atoms with Gasteiger partial charge >= 0.3 is 6.03 Å². The number of hydrogen-bond donors (Lipinski definition) is 2. The molecule has 1 aliphatic heterocycles. The lowest BCUT2D eigenvalue weighted by atomic mass is 10.0. The minimum Gasteiger partial charge on any atom is -0.338 e. The number of hydrogen-bond acceptors (Lipinski definition) is 2. The van der Waals surface area contributed by atoms with E-state index in [4.69, 9.17) is 5.73 Å². The highest BCUT2D eigenvalue weighted by atomic mass is 16.2. The number of piperidine rings is 1. The van der Waals surface area contributed by atoms with Crippen LogP contribution < -0.4 is 11.1 Å². The molecule has 0 radical (unpaired) electrons. The molecule has 0 spiro atoms.